The summed E-state index contributed by atoms with van der Waals surface area (Å²) in [6.45, 7) is 6.82. The summed E-state index contributed by atoms with van der Waals surface area (Å²) < 4.78 is 5.27. The molecule has 0 bridgehead atoms. The molecule has 100 valence electrons. The van der Waals surface area contributed by atoms with Crippen molar-refractivity contribution in [2.75, 3.05) is 33.4 Å². The van der Waals surface area contributed by atoms with E-state index in [1.54, 1.807) is 0 Å². The van der Waals surface area contributed by atoms with E-state index < -0.39 is 0 Å². The minimum Gasteiger partial charge on any atom is -0.383 e. The van der Waals surface area contributed by atoms with Gasteiger partial charge < -0.3 is 10.1 Å². The fraction of sp³-hybridized carbons (Fsp3) is 1.00. The number of rotatable bonds is 6. The molecule has 0 spiro atoms. The van der Waals surface area contributed by atoms with Crippen molar-refractivity contribution >= 4 is 0 Å². The maximum absolute atomic E-state index is 5.27. The maximum atomic E-state index is 5.27. The van der Waals surface area contributed by atoms with Gasteiger partial charge in [-0.3, -0.25) is 4.90 Å². The van der Waals surface area contributed by atoms with Crippen LogP contribution in [0.4, 0.5) is 0 Å². The molecule has 2 rings (SSSR count). The summed E-state index contributed by atoms with van der Waals surface area (Å²) in [4.78, 5) is 2.68. The first-order valence-electron chi connectivity index (χ1n) is 7.27. The van der Waals surface area contributed by atoms with Crippen molar-refractivity contribution in [1.82, 2.24) is 10.2 Å². The summed E-state index contributed by atoms with van der Waals surface area (Å²) in [5.74, 6) is 0.869. The van der Waals surface area contributed by atoms with Crippen LogP contribution in [0.5, 0.6) is 0 Å². The van der Waals surface area contributed by atoms with Crippen molar-refractivity contribution < 1.29 is 4.74 Å². The van der Waals surface area contributed by atoms with Gasteiger partial charge in [-0.2, -0.15) is 0 Å². The molecule has 3 unspecified atom stereocenters. The second-order valence-electron chi connectivity index (χ2n) is 5.76. The van der Waals surface area contributed by atoms with Gasteiger partial charge in [0.2, 0.25) is 0 Å². The first-order chi connectivity index (χ1) is 8.31. The van der Waals surface area contributed by atoms with Crippen molar-refractivity contribution in [3.05, 3.63) is 0 Å². The number of ether oxygens (including phenoxy) is 1. The van der Waals surface area contributed by atoms with Crippen molar-refractivity contribution in [2.45, 2.75) is 51.1 Å². The molecule has 3 heteroatoms. The highest BCUT2D eigenvalue weighted by Crippen LogP contribution is 2.29. The molecule has 2 fully saturated rings. The molecule has 1 aliphatic carbocycles. The minimum atomic E-state index is 0.722. The molecule has 1 saturated carbocycles. The lowest BCUT2D eigenvalue weighted by molar-refractivity contribution is 0.0992. The number of hydrogen-bond acceptors (Lipinski definition) is 3. The molecule has 3 nitrogen and oxygen atoms in total. The van der Waals surface area contributed by atoms with E-state index in [0.717, 1.165) is 31.2 Å². The van der Waals surface area contributed by atoms with Crippen molar-refractivity contribution in [3.8, 4) is 0 Å². The fourth-order valence-electron chi connectivity index (χ4n) is 3.47. The Morgan fingerprint density at radius 1 is 1.24 bits per heavy atom. The molecule has 0 aromatic rings. The third-order valence-electron chi connectivity index (χ3n) is 4.49. The number of hydrogen-bond donors (Lipinski definition) is 1. The Balaban J connectivity index is 1.86. The van der Waals surface area contributed by atoms with Gasteiger partial charge in [0.15, 0.2) is 0 Å². The van der Waals surface area contributed by atoms with E-state index in [-0.39, 0.29) is 0 Å². The summed E-state index contributed by atoms with van der Waals surface area (Å²) in [6, 6.07) is 1.52. The maximum Gasteiger partial charge on any atom is 0.0589 e. The highest BCUT2D eigenvalue weighted by molar-refractivity contribution is 4.86. The van der Waals surface area contributed by atoms with Crippen LogP contribution in [0.2, 0.25) is 0 Å². The molecule has 0 amide bonds. The molecular weight excluding hydrogens is 212 g/mol. The van der Waals surface area contributed by atoms with Gasteiger partial charge in [-0.25, -0.2) is 0 Å². The van der Waals surface area contributed by atoms with E-state index in [2.05, 4.69) is 17.1 Å². The summed E-state index contributed by atoms with van der Waals surface area (Å²) in [6.07, 6.45) is 6.91. The Hall–Kier alpha value is -0.120. The van der Waals surface area contributed by atoms with Gasteiger partial charge in [0.05, 0.1) is 6.61 Å². The lowest BCUT2D eigenvalue weighted by Crippen LogP contribution is -2.45. The van der Waals surface area contributed by atoms with Crippen molar-refractivity contribution in [2.24, 2.45) is 5.92 Å². The van der Waals surface area contributed by atoms with Crippen LogP contribution in [0.3, 0.4) is 0 Å². The van der Waals surface area contributed by atoms with Crippen LogP contribution < -0.4 is 5.32 Å². The Bertz CT molecular complexity index is 216. The summed E-state index contributed by atoms with van der Waals surface area (Å²) in [5.41, 5.74) is 0. The van der Waals surface area contributed by atoms with Crippen LogP contribution in [0, 0.1) is 5.92 Å². The SMILES string of the molecule is COCCN(CC1CCCN1)C1CCCC1C. The number of nitrogens with zero attached hydrogens (tertiary/aromatic N) is 1. The van der Waals surface area contributed by atoms with E-state index in [1.165, 1.54) is 45.2 Å². The molecule has 17 heavy (non-hydrogen) atoms. The standard InChI is InChI=1S/C14H28N2O/c1-12-5-3-7-14(12)16(9-10-17-2)11-13-6-4-8-15-13/h12-15H,3-11H2,1-2H3. The fourth-order valence-corrected chi connectivity index (χ4v) is 3.47. The molecule has 1 saturated heterocycles. The van der Waals surface area contributed by atoms with Crippen LogP contribution in [0.1, 0.15) is 39.0 Å². The summed E-state index contributed by atoms with van der Waals surface area (Å²) in [5, 5.41) is 3.62. The van der Waals surface area contributed by atoms with Crippen LogP contribution >= 0.6 is 0 Å². The quantitative estimate of drug-likeness (QED) is 0.767. The van der Waals surface area contributed by atoms with Gasteiger partial charge in [0, 0.05) is 32.3 Å². The highest BCUT2D eigenvalue weighted by atomic mass is 16.5. The van der Waals surface area contributed by atoms with Crippen molar-refractivity contribution in [3.63, 3.8) is 0 Å². The lowest BCUT2D eigenvalue weighted by atomic mass is 10.0. The molecule has 0 aromatic heterocycles. The van der Waals surface area contributed by atoms with Crippen LogP contribution in [-0.2, 0) is 4.74 Å². The Morgan fingerprint density at radius 3 is 2.71 bits per heavy atom. The number of methoxy groups -OCH3 is 1. The van der Waals surface area contributed by atoms with Gasteiger partial charge in [-0.1, -0.05) is 13.3 Å². The summed E-state index contributed by atoms with van der Waals surface area (Å²) in [7, 11) is 1.81. The Labute approximate surface area is 106 Å². The third kappa shape index (κ3) is 3.67. The van der Waals surface area contributed by atoms with Crippen molar-refractivity contribution in [1.29, 1.82) is 0 Å². The van der Waals surface area contributed by atoms with Gasteiger partial charge in [0.25, 0.3) is 0 Å². The zero-order chi connectivity index (χ0) is 12.1. The Kier molecular flexibility index (Phi) is 5.26. The highest BCUT2D eigenvalue weighted by Gasteiger charge is 2.30. The molecule has 2 aliphatic rings. The van der Waals surface area contributed by atoms with Gasteiger partial charge in [-0.15, -0.1) is 0 Å². The van der Waals surface area contributed by atoms with E-state index in [0.29, 0.717) is 0 Å². The second-order valence-corrected chi connectivity index (χ2v) is 5.76. The van der Waals surface area contributed by atoms with Crippen LogP contribution in [-0.4, -0.2) is 50.3 Å². The predicted octanol–water partition coefficient (Wildman–Crippen LogP) is 1.88. The zero-order valence-electron chi connectivity index (χ0n) is 11.5. The zero-order valence-corrected chi connectivity index (χ0v) is 11.5. The molecule has 1 heterocycles. The monoisotopic (exact) mass is 240 g/mol. The topological polar surface area (TPSA) is 24.5 Å². The second kappa shape index (κ2) is 6.72. The normalized spacial score (nSPS) is 33.7. The third-order valence-corrected chi connectivity index (χ3v) is 4.49. The molecule has 0 radical (unpaired) electrons. The van der Waals surface area contributed by atoms with Crippen LogP contribution in [0.15, 0.2) is 0 Å². The number of nitrogens with one attached hydrogen (secondary N) is 1. The van der Waals surface area contributed by atoms with Gasteiger partial charge in [-0.05, 0) is 38.1 Å². The largest absolute Gasteiger partial charge is 0.383 e. The molecular formula is C14H28N2O. The smallest absolute Gasteiger partial charge is 0.0589 e. The van der Waals surface area contributed by atoms with E-state index in [4.69, 9.17) is 4.74 Å². The first kappa shape index (κ1) is 13.3. The summed E-state index contributed by atoms with van der Waals surface area (Å²) >= 11 is 0. The lowest BCUT2D eigenvalue weighted by Gasteiger charge is -2.33. The van der Waals surface area contributed by atoms with Gasteiger partial charge in [0.1, 0.15) is 0 Å². The van der Waals surface area contributed by atoms with E-state index >= 15 is 0 Å². The van der Waals surface area contributed by atoms with E-state index in [9.17, 15) is 0 Å². The predicted molar refractivity (Wildman–Crippen MR) is 71.3 cm³/mol. The molecule has 3 atom stereocenters. The molecule has 0 aromatic carbocycles. The molecule has 1 N–H and O–H groups in total. The van der Waals surface area contributed by atoms with Crippen LogP contribution in [0.25, 0.3) is 0 Å². The van der Waals surface area contributed by atoms with Gasteiger partial charge >= 0.3 is 0 Å². The average Bonchev–Trinajstić information content (AvgIpc) is 2.95. The van der Waals surface area contributed by atoms with E-state index in [1.807, 2.05) is 7.11 Å². The average molecular weight is 240 g/mol. The molecule has 1 aliphatic heterocycles. The minimum absolute atomic E-state index is 0.722. The Morgan fingerprint density at radius 2 is 2.12 bits per heavy atom. The first-order valence-corrected chi connectivity index (χ1v) is 7.27.